The molecule has 0 heterocycles. The predicted octanol–water partition coefficient (Wildman–Crippen LogP) is 6.38. The highest BCUT2D eigenvalue weighted by Crippen LogP contribution is 2.31. The Kier molecular flexibility index (Phi) is 4.54. The molecule has 0 saturated heterocycles. The number of benzene rings is 4. The Morgan fingerprint density at radius 1 is 0.667 bits per heavy atom. The van der Waals surface area contributed by atoms with Crippen molar-refractivity contribution >= 4 is 28.9 Å². The number of fused-ring (bicyclic) bond motifs is 1. The van der Waals surface area contributed by atoms with Gasteiger partial charge in [0.25, 0.3) is 0 Å². The molecule has 0 aliphatic heterocycles. The normalized spacial score (nSPS) is 11.1. The maximum Gasteiger partial charge on any atom is 0.335 e. The highest BCUT2D eigenvalue weighted by molar-refractivity contribution is 5.99. The summed E-state index contributed by atoms with van der Waals surface area (Å²) in [6.45, 7) is 0. The van der Waals surface area contributed by atoms with Crippen molar-refractivity contribution in [2.24, 2.45) is 0 Å². The first-order valence-corrected chi connectivity index (χ1v) is 8.81. The van der Waals surface area contributed by atoms with Crippen molar-refractivity contribution in [3.8, 4) is 11.1 Å². The highest BCUT2D eigenvalue weighted by atomic mass is 16.4. The number of hydrogen-bond donors (Lipinski definition) is 1. The third-order valence-electron chi connectivity index (χ3n) is 4.65. The number of carboxylic acid groups (broad SMARTS) is 1. The van der Waals surface area contributed by atoms with Gasteiger partial charge in [-0.3, -0.25) is 0 Å². The van der Waals surface area contributed by atoms with E-state index in [1.807, 2.05) is 24.3 Å². The molecule has 0 fully saturated rings. The third kappa shape index (κ3) is 3.51. The highest BCUT2D eigenvalue weighted by Gasteiger charge is 2.06. The molecule has 4 rings (SSSR count). The van der Waals surface area contributed by atoms with Gasteiger partial charge < -0.3 is 5.11 Å². The lowest BCUT2D eigenvalue weighted by atomic mass is 9.94. The quantitative estimate of drug-likeness (QED) is 0.434. The Morgan fingerprint density at radius 3 is 2.15 bits per heavy atom. The summed E-state index contributed by atoms with van der Waals surface area (Å²) in [6.07, 6.45) is 4.09. The van der Waals surface area contributed by atoms with Crippen LogP contribution in [0.3, 0.4) is 0 Å². The zero-order valence-electron chi connectivity index (χ0n) is 14.7. The van der Waals surface area contributed by atoms with Crippen molar-refractivity contribution in [2.45, 2.75) is 0 Å². The minimum Gasteiger partial charge on any atom is -0.478 e. The molecule has 27 heavy (non-hydrogen) atoms. The van der Waals surface area contributed by atoms with Crippen LogP contribution >= 0.6 is 0 Å². The molecule has 4 aromatic rings. The standard InChI is InChI=1S/C25H18O2/c26-25(27)21-16-13-18(14-17-21)12-15-20-7-2-4-10-23(20)24-11-5-8-19-6-1-3-9-22(19)24/h1-17H,(H,26,27). The summed E-state index contributed by atoms with van der Waals surface area (Å²) >= 11 is 0. The van der Waals surface area contributed by atoms with Crippen molar-refractivity contribution < 1.29 is 9.90 Å². The van der Waals surface area contributed by atoms with Gasteiger partial charge in [-0.15, -0.1) is 0 Å². The maximum atomic E-state index is 11.0. The lowest BCUT2D eigenvalue weighted by Crippen LogP contribution is -1.94. The van der Waals surface area contributed by atoms with Crippen LogP contribution in [0.4, 0.5) is 0 Å². The Morgan fingerprint density at radius 2 is 1.33 bits per heavy atom. The van der Waals surface area contributed by atoms with Crippen LogP contribution in [-0.2, 0) is 0 Å². The van der Waals surface area contributed by atoms with Crippen LogP contribution in [0.25, 0.3) is 34.1 Å². The summed E-state index contributed by atoms with van der Waals surface area (Å²) < 4.78 is 0. The molecule has 2 heteroatoms. The molecule has 0 aromatic heterocycles. The topological polar surface area (TPSA) is 37.3 Å². The molecule has 0 amide bonds. The average Bonchev–Trinajstić information content (AvgIpc) is 2.72. The number of hydrogen-bond acceptors (Lipinski definition) is 1. The maximum absolute atomic E-state index is 11.0. The van der Waals surface area contributed by atoms with Crippen LogP contribution in [0.2, 0.25) is 0 Å². The molecule has 2 nitrogen and oxygen atoms in total. The third-order valence-corrected chi connectivity index (χ3v) is 4.65. The van der Waals surface area contributed by atoms with Gasteiger partial charge in [0.1, 0.15) is 0 Å². The van der Waals surface area contributed by atoms with Crippen molar-refractivity contribution in [3.05, 3.63) is 108 Å². The molecule has 4 aromatic carbocycles. The number of carboxylic acids is 1. The van der Waals surface area contributed by atoms with E-state index in [1.54, 1.807) is 12.1 Å². The van der Waals surface area contributed by atoms with Crippen LogP contribution in [0.5, 0.6) is 0 Å². The van der Waals surface area contributed by atoms with E-state index in [1.165, 1.54) is 21.9 Å². The van der Waals surface area contributed by atoms with E-state index in [2.05, 4.69) is 66.7 Å². The van der Waals surface area contributed by atoms with Gasteiger partial charge in [-0.25, -0.2) is 4.79 Å². The zero-order valence-corrected chi connectivity index (χ0v) is 14.7. The Bertz CT molecular complexity index is 1130. The molecule has 0 aliphatic rings. The van der Waals surface area contributed by atoms with Crippen LogP contribution in [0.15, 0.2) is 91.0 Å². The molecule has 0 aliphatic carbocycles. The van der Waals surface area contributed by atoms with Crippen molar-refractivity contribution in [3.63, 3.8) is 0 Å². The molecule has 0 unspecified atom stereocenters. The first-order chi connectivity index (χ1) is 13.2. The fraction of sp³-hybridized carbons (Fsp3) is 0. The SMILES string of the molecule is O=C(O)c1ccc(C=Cc2ccccc2-c2cccc3ccccc23)cc1. The Labute approximate surface area is 158 Å². The van der Waals surface area contributed by atoms with Gasteiger partial charge in [-0.2, -0.15) is 0 Å². The molecular formula is C25H18O2. The van der Waals surface area contributed by atoms with Crippen molar-refractivity contribution in [2.75, 3.05) is 0 Å². The number of carbonyl (C=O) groups is 1. The molecule has 0 atom stereocenters. The van der Waals surface area contributed by atoms with Gasteiger partial charge in [0.15, 0.2) is 0 Å². The van der Waals surface area contributed by atoms with Gasteiger partial charge in [-0.05, 0) is 45.2 Å². The Hall–Kier alpha value is -3.65. The smallest absolute Gasteiger partial charge is 0.335 e. The van der Waals surface area contributed by atoms with Crippen molar-refractivity contribution in [1.29, 1.82) is 0 Å². The summed E-state index contributed by atoms with van der Waals surface area (Å²) in [7, 11) is 0. The van der Waals surface area contributed by atoms with Crippen molar-refractivity contribution in [1.82, 2.24) is 0 Å². The fourth-order valence-corrected chi connectivity index (χ4v) is 3.27. The lowest BCUT2D eigenvalue weighted by Gasteiger charge is -2.10. The fourth-order valence-electron chi connectivity index (χ4n) is 3.27. The van der Waals surface area contributed by atoms with Gasteiger partial charge >= 0.3 is 5.97 Å². The second-order valence-corrected chi connectivity index (χ2v) is 6.37. The summed E-state index contributed by atoms with van der Waals surface area (Å²) in [5.41, 5.74) is 4.76. The van der Waals surface area contributed by atoms with Gasteiger partial charge in [0.2, 0.25) is 0 Å². The zero-order chi connectivity index (χ0) is 18.6. The second kappa shape index (κ2) is 7.30. The van der Waals surface area contributed by atoms with Gasteiger partial charge in [-0.1, -0.05) is 91.0 Å². The van der Waals surface area contributed by atoms with Crippen LogP contribution in [0.1, 0.15) is 21.5 Å². The largest absolute Gasteiger partial charge is 0.478 e. The summed E-state index contributed by atoms with van der Waals surface area (Å²) in [5.74, 6) is -0.910. The van der Waals surface area contributed by atoms with Crippen LogP contribution in [-0.4, -0.2) is 11.1 Å². The molecule has 1 N–H and O–H groups in total. The second-order valence-electron chi connectivity index (χ2n) is 6.37. The van der Waals surface area contributed by atoms with E-state index in [0.717, 1.165) is 11.1 Å². The Balaban J connectivity index is 1.74. The summed E-state index contributed by atoms with van der Waals surface area (Å²) in [6, 6.07) is 30.0. The average molecular weight is 350 g/mol. The van der Waals surface area contributed by atoms with E-state index >= 15 is 0 Å². The monoisotopic (exact) mass is 350 g/mol. The molecule has 0 radical (unpaired) electrons. The summed E-state index contributed by atoms with van der Waals surface area (Å²) in [4.78, 5) is 11.0. The molecule has 0 spiro atoms. The van der Waals surface area contributed by atoms with Crippen LogP contribution < -0.4 is 0 Å². The molecule has 0 saturated carbocycles. The molecule has 0 bridgehead atoms. The lowest BCUT2D eigenvalue weighted by molar-refractivity contribution is 0.0697. The minimum absolute atomic E-state index is 0.295. The van der Waals surface area contributed by atoms with E-state index < -0.39 is 5.97 Å². The first kappa shape index (κ1) is 16.8. The molecular weight excluding hydrogens is 332 g/mol. The van der Waals surface area contributed by atoms with E-state index in [-0.39, 0.29) is 0 Å². The predicted molar refractivity (Wildman–Crippen MR) is 112 cm³/mol. The number of rotatable bonds is 4. The first-order valence-electron chi connectivity index (χ1n) is 8.81. The van der Waals surface area contributed by atoms with E-state index in [0.29, 0.717) is 5.56 Å². The number of aromatic carboxylic acids is 1. The van der Waals surface area contributed by atoms with Gasteiger partial charge in [0, 0.05) is 0 Å². The molecule has 130 valence electrons. The van der Waals surface area contributed by atoms with Crippen LogP contribution in [0, 0.1) is 0 Å². The van der Waals surface area contributed by atoms with Gasteiger partial charge in [0.05, 0.1) is 5.56 Å². The summed E-state index contributed by atoms with van der Waals surface area (Å²) in [5, 5.41) is 11.5. The van der Waals surface area contributed by atoms with E-state index in [4.69, 9.17) is 5.11 Å². The minimum atomic E-state index is -0.910. The van der Waals surface area contributed by atoms with E-state index in [9.17, 15) is 4.79 Å².